The Morgan fingerprint density at radius 1 is 1.00 bits per heavy atom. The molecule has 0 aliphatic carbocycles. The number of esters is 1. The van der Waals surface area contributed by atoms with Gasteiger partial charge in [-0.05, 0) is 61.9 Å². The number of carbonyl (C=O) groups excluding carboxylic acids is 4. The summed E-state index contributed by atoms with van der Waals surface area (Å²) < 4.78 is 15.4. The number of anilines is 1. The Kier molecular flexibility index (Phi) is 6.89. The molecular formula is C23H22N2O7. The SMILES string of the molecule is COc1ccc(N2C(=O)NC(=O)/C(=C\c3ccc(OCC(=O)OC(C)C)cc3)C2=O)cc1. The van der Waals surface area contributed by atoms with E-state index in [1.165, 1.54) is 13.2 Å². The molecule has 0 radical (unpaired) electrons. The highest BCUT2D eigenvalue weighted by atomic mass is 16.6. The van der Waals surface area contributed by atoms with E-state index in [-0.39, 0.29) is 18.3 Å². The Morgan fingerprint density at radius 2 is 1.62 bits per heavy atom. The van der Waals surface area contributed by atoms with E-state index in [2.05, 4.69) is 5.32 Å². The molecule has 0 atom stereocenters. The molecule has 1 aliphatic heterocycles. The number of benzene rings is 2. The van der Waals surface area contributed by atoms with E-state index >= 15 is 0 Å². The predicted octanol–water partition coefficient (Wildman–Crippen LogP) is 2.69. The summed E-state index contributed by atoms with van der Waals surface area (Å²) in [4.78, 5) is 49.9. The van der Waals surface area contributed by atoms with Crippen molar-refractivity contribution in [3.8, 4) is 11.5 Å². The first-order valence-electron chi connectivity index (χ1n) is 9.76. The van der Waals surface area contributed by atoms with Crippen LogP contribution in [0, 0.1) is 0 Å². The normalized spacial score (nSPS) is 15.1. The van der Waals surface area contributed by atoms with Crippen molar-refractivity contribution in [3.05, 3.63) is 59.7 Å². The Morgan fingerprint density at radius 3 is 2.22 bits per heavy atom. The number of amides is 4. The van der Waals surface area contributed by atoms with Crippen LogP contribution in [0.3, 0.4) is 0 Å². The molecule has 1 heterocycles. The van der Waals surface area contributed by atoms with E-state index in [9.17, 15) is 19.2 Å². The van der Waals surface area contributed by atoms with Gasteiger partial charge in [-0.15, -0.1) is 0 Å². The predicted molar refractivity (Wildman–Crippen MR) is 115 cm³/mol. The fourth-order valence-electron chi connectivity index (χ4n) is 2.89. The molecule has 0 spiro atoms. The van der Waals surface area contributed by atoms with Crippen LogP contribution in [0.2, 0.25) is 0 Å². The van der Waals surface area contributed by atoms with Gasteiger partial charge < -0.3 is 14.2 Å². The van der Waals surface area contributed by atoms with Crippen molar-refractivity contribution in [2.45, 2.75) is 20.0 Å². The van der Waals surface area contributed by atoms with E-state index in [0.29, 0.717) is 22.7 Å². The number of imide groups is 2. The summed E-state index contributed by atoms with van der Waals surface area (Å²) in [7, 11) is 1.50. The highest BCUT2D eigenvalue weighted by Crippen LogP contribution is 2.24. The molecule has 0 aromatic heterocycles. The molecule has 0 saturated carbocycles. The molecule has 1 aliphatic rings. The molecule has 32 heavy (non-hydrogen) atoms. The lowest BCUT2D eigenvalue weighted by molar-refractivity contribution is -0.149. The lowest BCUT2D eigenvalue weighted by Crippen LogP contribution is -2.54. The standard InChI is InChI=1S/C23H22N2O7/c1-14(2)32-20(26)13-31-18-8-4-15(5-9-18)12-19-21(27)24-23(29)25(22(19)28)16-6-10-17(30-3)11-7-16/h4-12,14H,13H2,1-3H3,(H,24,27,29)/b19-12+. The van der Waals surface area contributed by atoms with E-state index < -0.39 is 23.8 Å². The van der Waals surface area contributed by atoms with Gasteiger partial charge in [0.25, 0.3) is 11.8 Å². The van der Waals surface area contributed by atoms with Crippen LogP contribution < -0.4 is 19.7 Å². The smallest absolute Gasteiger partial charge is 0.344 e. The number of carbonyl (C=O) groups is 4. The Labute approximate surface area is 184 Å². The van der Waals surface area contributed by atoms with Crippen molar-refractivity contribution >= 4 is 35.6 Å². The first kappa shape index (κ1) is 22.5. The molecule has 1 fully saturated rings. The third-order valence-electron chi connectivity index (χ3n) is 4.35. The van der Waals surface area contributed by atoms with Gasteiger partial charge in [-0.2, -0.15) is 0 Å². The molecule has 4 amide bonds. The van der Waals surface area contributed by atoms with Gasteiger partial charge in [-0.25, -0.2) is 14.5 Å². The molecule has 9 nitrogen and oxygen atoms in total. The summed E-state index contributed by atoms with van der Waals surface area (Å²) in [5.74, 6) is -1.05. The fourth-order valence-corrected chi connectivity index (χ4v) is 2.89. The quantitative estimate of drug-likeness (QED) is 0.402. The summed E-state index contributed by atoms with van der Waals surface area (Å²) in [6, 6.07) is 11.9. The van der Waals surface area contributed by atoms with Crippen molar-refractivity contribution in [2.24, 2.45) is 0 Å². The van der Waals surface area contributed by atoms with Crippen LogP contribution in [-0.4, -0.2) is 43.6 Å². The number of hydrogen-bond donors (Lipinski definition) is 1. The molecule has 0 unspecified atom stereocenters. The molecule has 9 heteroatoms. The summed E-state index contributed by atoms with van der Waals surface area (Å²) >= 11 is 0. The van der Waals surface area contributed by atoms with Crippen molar-refractivity contribution in [1.29, 1.82) is 0 Å². The van der Waals surface area contributed by atoms with Gasteiger partial charge in [0.2, 0.25) is 0 Å². The largest absolute Gasteiger partial charge is 0.497 e. The Hall–Kier alpha value is -4.14. The van der Waals surface area contributed by atoms with Crippen LogP contribution in [0.5, 0.6) is 11.5 Å². The van der Waals surface area contributed by atoms with Gasteiger partial charge in [-0.1, -0.05) is 12.1 Å². The molecular weight excluding hydrogens is 416 g/mol. The number of nitrogens with one attached hydrogen (secondary N) is 1. The van der Waals surface area contributed by atoms with Crippen molar-refractivity contribution < 1.29 is 33.4 Å². The number of urea groups is 1. The number of hydrogen-bond acceptors (Lipinski definition) is 7. The van der Waals surface area contributed by atoms with E-state index in [4.69, 9.17) is 14.2 Å². The summed E-state index contributed by atoms with van der Waals surface area (Å²) in [5, 5.41) is 2.17. The minimum atomic E-state index is -0.834. The van der Waals surface area contributed by atoms with Crippen LogP contribution in [-0.2, 0) is 19.1 Å². The lowest BCUT2D eigenvalue weighted by atomic mass is 10.1. The van der Waals surface area contributed by atoms with Gasteiger partial charge in [0.1, 0.15) is 17.1 Å². The minimum absolute atomic E-state index is 0.199. The maximum absolute atomic E-state index is 12.9. The van der Waals surface area contributed by atoms with Gasteiger partial charge in [0.15, 0.2) is 6.61 Å². The van der Waals surface area contributed by atoms with Crippen LogP contribution >= 0.6 is 0 Å². The molecule has 0 bridgehead atoms. The van der Waals surface area contributed by atoms with E-state index in [1.54, 1.807) is 62.4 Å². The van der Waals surface area contributed by atoms with Gasteiger partial charge in [-0.3, -0.25) is 14.9 Å². The second-order valence-electron chi connectivity index (χ2n) is 7.05. The minimum Gasteiger partial charge on any atom is -0.497 e. The number of methoxy groups -OCH3 is 1. The van der Waals surface area contributed by atoms with Crippen molar-refractivity contribution in [2.75, 3.05) is 18.6 Å². The summed E-state index contributed by atoms with van der Waals surface area (Å²) in [6.07, 6.45) is 1.14. The highest BCUT2D eigenvalue weighted by molar-refractivity contribution is 6.39. The van der Waals surface area contributed by atoms with Crippen LogP contribution in [0.1, 0.15) is 19.4 Å². The second-order valence-corrected chi connectivity index (χ2v) is 7.05. The number of barbiturate groups is 1. The molecule has 166 valence electrons. The first-order chi connectivity index (χ1) is 15.3. The van der Waals surface area contributed by atoms with Gasteiger partial charge >= 0.3 is 12.0 Å². The zero-order chi connectivity index (χ0) is 23.3. The maximum Gasteiger partial charge on any atom is 0.344 e. The maximum atomic E-state index is 12.9. The second kappa shape index (κ2) is 9.78. The third-order valence-corrected chi connectivity index (χ3v) is 4.35. The molecule has 3 rings (SSSR count). The van der Waals surface area contributed by atoms with Crippen LogP contribution in [0.15, 0.2) is 54.1 Å². The average Bonchev–Trinajstić information content (AvgIpc) is 2.76. The Balaban J connectivity index is 1.76. The Bertz CT molecular complexity index is 1060. The molecule has 2 aromatic rings. The molecule has 2 aromatic carbocycles. The van der Waals surface area contributed by atoms with Gasteiger partial charge in [0, 0.05) is 0 Å². The number of ether oxygens (including phenoxy) is 3. The monoisotopic (exact) mass is 438 g/mol. The highest BCUT2D eigenvalue weighted by Gasteiger charge is 2.36. The zero-order valence-corrected chi connectivity index (χ0v) is 17.8. The number of nitrogens with zero attached hydrogens (tertiary/aromatic N) is 1. The third kappa shape index (κ3) is 5.31. The van der Waals surface area contributed by atoms with E-state index in [1.807, 2.05) is 0 Å². The van der Waals surface area contributed by atoms with Crippen LogP contribution in [0.25, 0.3) is 6.08 Å². The first-order valence-corrected chi connectivity index (χ1v) is 9.76. The topological polar surface area (TPSA) is 111 Å². The van der Waals surface area contributed by atoms with Gasteiger partial charge in [0.05, 0.1) is 18.9 Å². The summed E-state index contributed by atoms with van der Waals surface area (Å²) in [5.41, 5.74) is 0.628. The van der Waals surface area contributed by atoms with Crippen LogP contribution in [0.4, 0.5) is 10.5 Å². The van der Waals surface area contributed by atoms with E-state index in [0.717, 1.165) is 4.90 Å². The average molecular weight is 438 g/mol. The number of rotatable bonds is 7. The van der Waals surface area contributed by atoms with Crippen molar-refractivity contribution in [3.63, 3.8) is 0 Å². The lowest BCUT2D eigenvalue weighted by Gasteiger charge is -2.26. The zero-order valence-electron chi connectivity index (χ0n) is 17.8. The molecule has 1 N–H and O–H groups in total. The fraction of sp³-hybridized carbons (Fsp3) is 0.217. The van der Waals surface area contributed by atoms with Crippen molar-refractivity contribution in [1.82, 2.24) is 5.32 Å². The molecule has 1 saturated heterocycles. The summed E-state index contributed by atoms with van der Waals surface area (Å²) in [6.45, 7) is 3.25.